The summed E-state index contributed by atoms with van der Waals surface area (Å²) >= 11 is 10.9. The van der Waals surface area contributed by atoms with Crippen LogP contribution in [0.1, 0.15) is 11.1 Å². The largest absolute Gasteiger partial charge is 0.457 e. The first-order valence-electron chi connectivity index (χ1n) is 6.80. The average Bonchev–Trinajstić information content (AvgIpc) is 3.18. The van der Waals surface area contributed by atoms with E-state index in [0.717, 1.165) is 27.2 Å². The number of halogens is 2. The van der Waals surface area contributed by atoms with Gasteiger partial charge in [0.1, 0.15) is 11.2 Å². The summed E-state index contributed by atoms with van der Waals surface area (Å²) in [6, 6.07) is 13.2. The van der Waals surface area contributed by atoms with Crippen LogP contribution in [-0.4, -0.2) is 10.7 Å². The predicted molar refractivity (Wildman–Crippen MR) is 91.9 cm³/mol. The van der Waals surface area contributed by atoms with Gasteiger partial charge in [-0.05, 0) is 55.3 Å². The van der Waals surface area contributed by atoms with E-state index < -0.39 is 10.7 Å². The minimum absolute atomic E-state index is 0.513. The monoisotopic (exact) mass is 348 g/mol. The van der Waals surface area contributed by atoms with E-state index in [1.807, 2.05) is 44.2 Å². The zero-order chi connectivity index (χ0) is 17.0. The molecule has 2 aromatic heterocycles. The Kier molecular flexibility index (Phi) is 5.49. The Bertz CT molecular complexity index is 791. The Balaban J connectivity index is 0.000000223. The van der Waals surface area contributed by atoms with E-state index in [1.165, 1.54) is 0 Å². The number of amides is 1. The fourth-order valence-electron chi connectivity index (χ4n) is 2.01. The number of alkyl halides is 2. The number of carbonyl (C=O) groups is 1. The van der Waals surface area contributed by atoms with Crippen molar-refractivity contribution in [1.82, 2.24) is 0 Å². The number of furan rings is 2. The summed E-state index contributed by atoms with van der Waals surface area (Å²) in [4.78, 5) is 11.3. The molecule has 6 heteroatoms. The second-order valence-corrected chi connectivity index (χ2v) is 5.96. The van der Waals surface area contributed by atoms with E-state index in [9.17, 15) is 4.79 Å². The maximum atomic E-state index is 11.6. The molecule has 23 heavy (non-hydrogen) atoms. The smallest absolute Gasteiger partial charge is 0.273 e. The van der Waals surface area contributed by atoms with Gasteiger partial charge in [0.2, 0.25) is 0 Å². The molecular formula is C17H14Cl2N2O2. The van der Waals surface area contributed by atoms with Gasteiger partial charge in [-0.15, -0.1) is 0 Å². The van der Waals surface area contributed by atoms with Crippen molar-refractivity contribution in [1.29, 1.82) is 5.26 Å². The number of anilines is 1. The van der Waals surface area contributed by atoms with Gasteiger partial charge in [0.15, 0.2) is 11.0 Å². The van der Waals surface area contributed by atoms with Crippen LogP contribution in [0.3, 0.4) is 0 Å². The average molecular weight is 349 g/mol. The summed E-state index contributed by atoms with van der Waals surface area (Å²) in [5.74, 6) is -0.639. The zero-order valence-corrected chi connectivity index (χ0v) is 14.1. The molecule has 0 aliphatic carbocycles. The van der Waals surface area contributed by atoms with Crippen LogP contribution < -0.4 is 4.90 Å². The molecule has 2 bridgehead atoms. The number of hydrogen-bond donors (Lipinski definition) is 0. The molecular weight excluding hydrogens is 335 g/mol. The van der Waals surface area contributed by atoms with Crippen molar-refractivity contribution in [2.45, 2.75) is 18.7 Å². The Morgan fingerprint density at radius 1 is 1.13 bits per heavy atom. The number of rotatable bonds is 2. The van der Waals surface area contributed by atoms with Gasteiger partial charge < -0.3 is 4.42 Å². The first-order chi connectivity index (χ1) is 10.9. The van der Waals surface area contributed by atoms with Crippen LogP contribution in [0.15, 0.2) is 46.9 Å². The van der Waals surface area contributed by atoms with Crippen molar-refractivity contribution in [3.05, 3.63) is 53.6 Å². The van der Waals surface area contributed by atoms with E-state index in [-0.39, 0.29) is 0 Å². The molecule has 1 aromatic carbocycles. The number of aryl methyl sites for hydroxylation is 1. The first kappa shape index (κ1) is 17.1. The molecule has 0 N–H and O–H groups in total. The SMILES string of the molecule is Cc1cccc(N(C#N)C(=O)C(Cl)Cl)c1C.c1cc2ccc1o2. The van der Waals surface area contributed by atoms with Gasteiger partial charge in [-0.2, -0.15) is 5.26 Å². The fourth-order valence-corrected chi connectivity index (χ4v) is 2.20. The molecule has 0 aliphatic heterocycles. The van der Waals surface area contributed by atoms with Gasteiger partial charge in [0.05, 0.1) is 5.69 Å². The Morgan fingerprint density at radius 2 is 1.70 bits per heavy atom. The number of fused-ring (bicyclic) bond motifs is 2. The topological polar surface area (TPSA) is 57.2 Å². The van der Waals surface area contributed by atoms with Crippen LogP contribution in [0.5, 0.6) is 0 Å². The molecule has 3 rings (SSSR count). The van der Waals surface area contributed by atoms with Gasteiger partial charge in [0, 0.05) is 0 Å². The van der Waals surface area contributed by atoms with Gasteiger partial charge in [0.25, 0.3) is 5.91 Å². The summed E-state index contributed by atoms with van der Waals surface area (Å²) in [6.45, 7) is 3.73. The highest BCUT2D eigenvalue weighted by molar-refractivity contribution is 6.54. The molecule has 0 aliphatic rings. The molecule has 0 atom stereocenters. The molecule has 3 aromatic rings. The minimum Gasteiger partial charge on any atom is -0.457 e. The van der Waals surface area contributed by atoms with Crippen LogP contribution in [0.25, 0.3) is 11.2 Å². The second kappa shape index (κ2) is 7.36. The zero-order valence-electron chi connectivity index (χ0n) is 12.6. The summed E-state index contributed by atoms with van der Waals surface area (Å²) in [5, 5.41) is 8.95. The molecule has 1 amide bonds. The molecule has 0 spiro atoms. The molecule has 0 saturated carbocycles. The Hall–Kier alpha value is -2.22. The fraction of sp³-hybridized carbons (Fsp3) is 0.176. The van der Waals surface area contributed by atoms with Gasteiger partial charge in [-0.25, -0.2) is 4.90 Å². The van der Waals surface area contributed by atoms with Gasteiger partial charge in [-0.1, -0.05) is 35.3 Å². The van der Waals surface area contributed by atoms with E-state index in [4.69, 9.17) is 32.9 Å². The van der Waals surface area contributed by atoms with E-state index >= 15 is 0 Å². The normalized spacial score (nSPS) is 10.3. The van der Waals surface area contributed by atoms with Crippen molar-refractivity contribution in [3.8, 4) is 6.19 Å². The first-order valence-corrected chi connectivity index (χ1v) is 7.67. The third-order valence-corrected chi connectivity index (χ3v) is 3.76. The van der Waals surface area contributed by atoms with Crippen molar-refractivity contribution in [3.63, 3.8) is 0 Å². The lowest BCUT2D eigenvalue weighted by Gasteiger charge is -2.17. The summed E-state index contributed by atoms with van der Waals surface area (Å²) in [7, 11) is 0. The number of nitriles is 1. The summed E-state index contributed by atoms with van der Waals surface area (Å²) < 4.78 is 5.08. The second-order valence-electron chi connectivity index (χ2n) is 4.87. The molecule has 118 valence electrons. The standard InChI is InChI=1S/C11H10Cl2N2O.C6H4O/c1-7-4-3-5-9(8(7)2)15(6-14)11(16)10(12)13;1-2-6-4-3-5(1)7-6/h3-5,10H,1-2H3;1-4H. The minimum atomic E-state index is -1.24. The lowest BCUT2D eigenvalue weighted by molar-refractivity contribution is -0.116. The van der Waals surface area contributed by atoms with E-state index in [0.29, 0.717) is 5.69 Å². The van der Waals surface area contributed by atoms with E-state index in [1.54, 1.807) is 18.3 Å². The molecule has 0 saturated heterocycles. The number of nitrogens with zero attached hydrogens (tertiary/aromatic N) is 2. The molecule has 0 fully saturated rings. The molecule has 2 heterocycles. The van der Waals surface area contributed by atoms with Crippen LogP contribution in [0, 0.1) is 25.3 Å². The van der Waals surface area contributed by atoms with Crippen molar-refractivity contribution >= 4 is 46.0 Å². The van der Waals surface area contributed by atoms with Crippen LogP contribution in [0.4, 0.5) is 5.69 Å². The van der Waals surface area contributed by atoms with Crippen LogP contribution in [0.2, 0.25) is 0 Å². The molecule has 4 nitrogen and oxygen atoms in total. The van der Waals surface area contributed by atoms with E-state index in [2.05, 4.69) is 0 Å². The third-order valence-electron chi connectivity index (χ3n) is 3.38. The number of hydrogen-bond acceptors (Lipinski definition) is 3. The van der Waals surface area contributed by atoms with Gasteiger partial charge in [-0.3, -0.25) is 4.79 Å². The lowest BCUT2D eigenvalue weighted by Crippen LogP contribution is -2.31. The highest BCUT2D eigenvalue weighted by Gasteiger charge is 2.23. The molecule has 0 radical (unpaired) electrons. The van der Waals surface area contributed by atoms with Crippen molar-refractivity contribution < 1.29 is 9.21 Å². The quantitative estimate of drug-likeness (QED) is 0.380. The van der Waals surface area contributed by atoms with Crippen LogP contribution >= 0.6 is 23.2 Å². The lowest BCUT2D eigenvalue weighted by atomic mass is 10.1. The number of benzene rings is 2. The summed E-state index contributed by atoms with van der Waals surface area (Å²) in [6.07, 6.45) is 1.78. The Morgan fingerprint density at radius 3 is 2.09 bits per heavy atom. The molecule has 0 unspecified atom stereocenters. The van der Waals surface area contributed by atoms with Crippen molar-refractivity contribution in [2.24, 2.45) is 0 Å². The third kappa shape index (κ3) is 3.95. The number of carbonyl (C=O) groups excluding carboxylic acids is 1. The van der Waals surface area contributed by atoms with Crippen molar-refractivity contribution in [2.75, 3.05) is 4.90 Å². The highest BCUT2D eigenvalue weighted by Crippen LogP contribution is 2.24. The summed E-state index contributed by atoms with van der Waals surface area (Å²) in [5.41, 5.74) is 4.29. The Labute approximate surface area is 144 Å². The maximum absolute atomic E-state index is 11.6. The predicted octanol–water partition coefficient (Wildman–Crippen LogP) is 4.79. The maximum Gasteiger partial charge on any atom is 0.273 e. The highest BCUT2D eigenvalue weighted by atomic mass is 35.5. The van der Waals surface area contributed by atoms with Crippen LogP contribution in [-0.2, 0) is 4.79 Å². The van der Waals surface area contributed by atoms with Gasteiger partial charge >= 0.3 is 0 Å².